The summed E-state index contributed by atoms with van der Waals surface area (Å²) in [6.07, 6.45) is 1.37. The first-order valence-electron chi connectivity index (χ1n) is 3.64. The highest BCUT2D eigenvalue weighted by Gasteiger charge is 2.50. The minimum Gasteiger partial charge on any atom is -0.395 e. The molecule has 0 aromatic heterocycles. The zero-order chi connectivity index (χ0) is 6.43. The van der Waals surface area contributed by atoms with Crippen LogP contribution in [0, 0.1) is 11.8 Å². The maximum Gasteiger partial charge on any atom is 0.0589 e. The van der Waals surface area contributed by atoms with Gasteiger partial charge in [0.1, 0.15) is 0 Å². The zero-order valence-corrected chi connectivity index (χ0v) is 5.75. The van der Waals surface area contributed by atoms with Crippen LogP contribution in [0.25, 0.3) is 0 Å². The van der Waals surface area contributed by atoms with Crippen molar-refractivity contribution < 1.29 is 5.11 Å². The first-order chi connectivity index (χ1) is 4.33. The lowest BCUT2D eigenvalue weighted by Gasteiger charge is -2.19. The van der Waals surface area contributed by atoms with Gasteiger partial charge in [0.2, 0.25) is 0 Å². The summed E-state index contributed by atoms with van der Waals surface area (Å²) < 4.78 is 0. The Hall–Kier alpha value is -0.0800. The Kier molecular flexibility index (Phi) is 1.08. The van der Waals surface area contributed by atoms with Gasteiger partial charge < -0.3 is 10.0 Å². The van der Waals surface area contributed by atoms with E-state index in [0.29, 0.717) is 12.6 Å². The number of piperidine rings is 1. The molecule has 3 atom stereocenters. The molecule has 1 aliphatic heterocycles. The number of rotatable bonds is 1. The Morgan fingerprint density at radius 2 is 2.44 bits per heavy atom. The maximum atomic E-state index is 8.89. The van der Waals surface area contributed by atoms with E-state index in [9.17, 15) is 0 Å². The van der Waals surface area contributed by atoms with Crippen LogP contribution in [0.1, 0.15) is 6.42 Å². The summed E-state index contributed by atoms with van der Waals surface area (Å²) in [6.45, 7) is 1.58. The molecule has 1 saturated heterocycles. The molecule has 9 heavy (non-hydrogen) atoms. The molecule has 0 aromatic rings. The SMILES string of the molecule is CN1C[C@H]2C[C@@H]2[C@H]1CO. The fourth-order valence-electron chi connectivity index (χ4n) is 2.06. The average molecular weight is 127 g/mol. The van der Waals surface area contributed by atoms with Crippen molar-refractivity contribution in [3.63, 3.8) is 0 Å². The second-order valence-corrected chi connectivity index (χ2v) is 3.35. The number of nitrogens with zero attached hydrogens (tertiary/aromatic N) is 1. The molecule has 2 rings (SSSR count). The normalized spacial score (nSPS) is 49.3. The number of likely N-dealkylation sites (tertiary alicyclic amines) is 1. The number of fused-ring (bicyclic) bond motifs is 1. The largest absolute Gasteiger partial charge is 0.395 e. The first-order valence-corrected chi connectivity index (χ1v) is 3.64. The summed E-state index contributed by atoms with van der Waals surface area (Å²) in [7, 11) is 2.10. The van der Waals surface area contributed by atoms with Crippen molar-refractivity contribution in [3.05, 3.63) is 0 Å². The van der Waals surface area contributed by atoms with Gasteiger partial charge in [-0.2, -0.15) is 0 Å². The Morgan fingerprint density at radius 3 is 2.78 bits per heavy atom. The van der Waals surface area contributed by atoms with Gasteiger partial charge in [-0.15, -0.1) is 0 Å². The molecule has 2 heteroatoms. The molecule has 1 aliphatic carbocycles. The van der Waals surface area contributed by atoms with Crippen LogP contribution in [-0.2, 0) is 0 Å². The fourth-order valence-corrected chi connectivity index (χ4v) is 2.06. The summed E-state index contributed by atoms with van der Waals surface area (Å²) in [4.78, 5) is 2.28. The third-order valence-corrected chi connectivity index (χ3v) is 2.75. The summed E-state index contributed by atoms with van der Waals surface area (Å²) in [5.74, 6) is 1.78. The van der Waals surface area contributed by atoms with E-state index >= 15 is 0 Å². The summed E-state index contributed by atoms with van der Waals surface area (Å²) >= 11 is 0. The van der Waals surface area contributed by atoms with Crippen molar-refractivity contribution >= 4 is 0 Å². The smallest absolute Gasteiger partial charge is 0.0589 e. The third-order valence-electron chi connectivity index (χ3n) is 2.75. The highest BCUT2D eigenvalue weighted by Crippen LogP contribution is 2.48. The molecule has 1 heterocycles. The second kappa shape index (κ2) is 1.70. The maximum absolute atomic E-state index is 8.89. The van der Waals surface area contributed by atoms with Gasteiger partial charge >= 0.3 is 0 Å². The summed E-state index contributed by atoms with van der Waals surface area (Å²) in [5, 5.41) is 8.89. The number of hydrogen-bond donors (Lipinski definition) is 1. The van der Waals surface area contributed by atoms with Gasteiger partial charge in [0.15, 0.2) is 0 Å². The van der Waals surface area contributed by atoms with Crippen molar-refractivity contribution in [1.29, 1.82) is 0 Å². The van der Waals surface area contributed by atoms with Crippen LogP contribution in [0.3, 0.4) is 0 Å². The van der Waals surface area contributed by atoms with Gasteiger partial charge in [0, 0.05) is 12.6 Å². The molecule has 2 nitrogen and oxygen atoms in total. The van der Waals surface area contributed by atoms with Crippen LogP contribution in [-0.4, -0.2) is 36.2 Å². The van der Waals surface area contributed by atoms with Crippen LogP contribution >= 0.6 is 0 Å². The van der Waals surface area contributed by atoms with Crippen LogP contribution in [0.5, 0.6) is 0 Å². The molecule has 2 fully saturated rings. The molecule has 1 saturated carbocycles. The van der Waals surface area contributed by atoms with Crippen LogP contribution in [0.4, 0.5) is 0 Å². The molecule has 2 aliphatic rings. The molecule has 0 bridgehead atoms. The van der Waals surface area contributed by atoms with Crippen molar-refractivity contribution in [3.8, 4) is 0 Å². The molecule has 52 valence electrons. The van der Waals surface area contributed by atoms with E-state index in [0.717, 1.165) is 11.8 Å². The van der Waals surface area contributed by atoms with E-state index in [1.54, 1.807) is 0 Å². The summed E-state index contributed by atoms with van der Waals surface area (Å²) in [5.41, 5.74) is 0. The lowest BCUT2D eigenvalue weighted by molar-refractivity contribution is 0.160. The predicted octanol–water partition coefficient (Wildman–Crippen LogP) is -0.0712. The zero-order valence-electron chi connectivity index (χ0n) is 5.75. The van der Waals surface area contributed by atoms with Crippen molar-refractivity contribution in [2.24, 2.45) is 11.8 Å². The Labute approximate surface area is 55.5 Å². The minimum absolute atomic E-state index is 0.359. The van der Waals surface area contributed by atoms with Gasteiger partial charge in [0.25, 0.3) is 0 Å². The number of hydrogen-bond acceptors (Lipinski definition) is 2. The predicted molar refractivity (Wildman–Crippen MR) is 35.1 cm³/mol. The summed E-state index contributed by atoms with van der Waals surface area (Å²) in [6, 6.07) is 0.495. The third kappa shape index (κ3) is 0.700. The van der Waals surface area contributed by atoms with Gasteiger partial charge in [-0.3, -0.25) is 0 Å². The molecule has 0 amide bonds. The first kappa shape index (κ1) is 5.69. The molecule has 0 radical (unpaired) electrons. The van der Waals surface area contributed by atoms with Crippen LogP contribution in [0.15, 0.2) is 0 Å². The molecule has 1 N–H and O–H groups in total. The van der Waals surface area contributed by atoms with Gasteiger partial charge in [-0.1, -0.05) is 0 Å². The highest BCUT2D eigenvalue weighted by atomic mass is 16.3. The van der Waals surface area contributed by atoms with Gasteiger partial charge in [-0.25, -0.2) is 0 Å². The monoisotopic (exact) mass is 127 g/mol. The van der Waals surface area contributed by atoms with Crippen molar-refractivity contribution in [2.75, 3.05) is 20.2 Å². The minimum atomic E-state index is 0.359. The Bertz CT molecular complexity index is 124. The Morgan fingerprint density at radius 1 is 1.67 bits per heavy atom. The number of aliphatic hydroxyl groups excluding tert-OH is 1. The van der Waals surface area contributed by atoms with E-state index < -0.39 is 0 Å². The standard InChI is InChI=1S/C7H13NO/c1-8-3-5-2-6(5)7(8)4-9/h5-7,9H,2-4H2,1H3/t5-,6+,7-/m1/s1. The van der Waals surface area contributed by atoms with E-state index in [4.69, 9.17) is 5.11 Å². The van der Waals surface area contributed by atoms with E-state index in [1.807, 2.05) is 0 Å². The Balaban J connectivity index is 2.02. The quantitative estimate of drug-likeness (QED) is 0.533. The van der Waals surface area contributed by atoms with Crippen molar-refractivity contribution in [1.82, 2.24) is 4.90 Å². The molecule has 0 spiro atoms. The average Bonchev–Trinajstić information content (AvgIpc) is 2.45. The van der Waals surface area contributed by atoms with E-state index in [2.05, 4.69) is 11.9 Å². The molecular weight excluding hydrogens is 114 g/mol. The topological polar surface area (TPSA) is 23.5 Å². The van der Waals surface area contributed by atoms with Crippen LogP contribution < -0.4 is 0 Å². The number of aliphatic hydroxyl groups is 1. The fraction of sp³-hybridized carbons (Fsp3) is 1.00. The van der Waals surface area contributed by atoms with E-state index in [1.165, 1.54) is 13.0 Å². The second-order valence-electron chi connectivity index (χ2n) is 3.35. The highest BCUT2D eigenvalue weighted by molar-refractivity contribution is 5.02. The molecular formula is C7H13NO. The van der Waals surface area contributed by atoms with Gasteiger partial charge in [0.05, 0.1) is 6.61 Å². The molecule has 0 aromatic carbocycles. The van der Waals surface area contributed by atoms with Gasteiger partial charge in [-0.05, 0) is 25.3 Å². The lowest BCUT2D eigenvalue weighted by atomic mass is 10.2. The lowest BCUT2D eigenvalue weighted by Crippen LogP contribution is -2.32. The molecule has 0 unspecified atom stereocenters. The number of likely N-dealkylation sites (N-methyl/N-ethyl adjacent to an activating group) is 1. The van der Waals surface area contributed by atoms with Crippen molar-refractivity contribution in [2.45, 2.75) is 12.5 Å². The van der Waals surface area contributed by atoms with E-state index in [-0.39, 0.29) is 0 Å². The van der Waals surface area contributed by atoms with Crippen LogP contribution in [0.2, 0.25) is 0 Å².